The van der Waals surface area contributed by atoms with E-state index in [-0.39, 0.29) is 28.6 Å². The molecule has 0 radical (unpaired) electrons. The van der Waals surface area contributed by atoms with Gasteiger partial charge in [0.15, 0.2) is 0 Å². The topological polar surface area (TPSA) is 78.2 Å². The van der Waals surface area contributed by atoms with E-state index in [1.807, 2.05) is 6.07 Å². The Labute approximate surface area is 141 Å². The number of nitrogens with one attached hydrogen (secondary N) is 1. The molecule has 0 aliphatic carbocycles. The van der Waals surface area contributed by atoms with E-state index in [2.05, 4.69) is 5.10 Å². The van der Waals surface area contributed by atoms with Crippen LogP contribution in [-0.2, 0) is 6.54 Å². The highest BCUT2D eigenvalue weighted by Gasteiger charge is 2.16. The smallest absolute Gasteiger partial charge is 0.282 e. The lowest BCUT2D eigenvalue weighted by atomic mass is 10.2. The van der Waals surface area contributed by atoms with Crippen LogP contribution in [0.2, 0.25) is 5.02 Å². The van der Waals surface area contributed by atoms with Crippen LogP contribution < -0.4 is 5.56 Å². The Hall–Kier alpha value is -2.31. The highest BCUT2D eigenvalue weighted by molar-refractivity contribution is 7.99. The molecule has 23 heavy (non-hydrogen) atoms. The van der Waals surface area contributed by atoms with Crippen molar-refractivity contribution in [2.75, 3.05) is 0 Å². The molecule has 3 aromatic rings. The van der Waals surface area contributed by atoms with E-state index >= 15 is 0 Å². The second kappa shape index (κ2) is 6.44. The maximum Gasteiger partial charge on any atom is 0.282 e. The number of benzene rings is 2. The predicted octanol–water partition coefficient (Wildman–Crippen LogP) is 3.44. The van der Waals surface area contributed by atoms with Gasteiger partial charge in [-0.05, 0) is 29.8 Å². The van der Waals surface area contributed by atoms with Gasteiger partial charge >= 0.3 is 0 Å². The molecule has 3 N–H and O–H groups in total. The zero-order chi connectivity index (χ0) is 16.4. The molecular formula is C16H13ClN2O3S. The van der Waals surface area contributed by atoms with E-state index in [9.17, 15) is 15.0 Å². The molecule has 0 amide bonds. The van der Waals surface area contributed by atoms with Crippen LogP contribution in [-0.4, -0.2) is 20.0 Å². The van der Waals surface area contributed by atoms with E-state index < -0.39 is 0 Å². The molecule has 0 saturated carbocycles. The van der Waals surface area contributed by atoms with E-state index in [4.69, 9.17) is 11.6 Å². The van der Waals surface area contributed by atoms with Crippen molar-refractivity contribution in [3.63, 3.8) is 0 Å². The zero-order valence-corrected chi connectivity index (χ0v) is 13.4. The number of aromatic amines is 1. The van der Waals surface area contributed by atoms with Crippen LogP contribution >= 0.6 is 23.4 Å². The molecule has 0 spiro atoms. The summed E-state index contributed by atoms with van der Waals surface area (Å²) in [6.07, 6.45) is 0. The Morgan fingerprint density at radius 3 is 2.48 bits per heavy atom. The molecular weight excluding hydrogens is 336 g/mol. The van der Waals surface area contributed by atoms with Gasteiger partial charge in [-0.25, -0.2) is 4.68 Å². The monoisotopic (exact) mass is 348 g/mol. The van der Waals surface area contributed by atoms with Crippen molar-refractivity contribution in [1.29, 1.82) is 0 Å². The van der Waals surface area contributed by atoms with Gasteiger partial charge < -0.3 is 10.2 Å². The molecule has 2 aromatic carbocycles. The van der Waals surface area contributed by atoms with Gasteiger partial charge in [-0.15, -0.1) is 0 Å². The average molecular weight is 349 g/mol. The van der Waals surface area contributed by atoms with Crippen molar-refractivity contribution in [3.05, 3.63) is 69.5 Å². The molecule has 7 heteroatoms. The Balaban J connectivity index is 1.89. The molecule has 1 heterocycles. The highest BCUT2D eigenvalue weighted by atomic mass is 35.5. The zero-order valence-electron chi connectivity index (χ0n) is 11.9. The van der Waals surface area contributed by atoms with E-state index in [1.165, 1.54) is 4.68 Å². The first-order valence-corrected chi connectivity index (χ1v) is 7.96. The molecule has 118 valence electrons. The van der Waals surface area contributed by atoms with Crippen molar-refractivity contribution in [1.82, 2.24) is 9.78 Å². The van der Waals surface area contributed by atoms with Gasteiger partial charge in [-0.1, -0.05) is 47.6 Å². The SMILES string of the molecule is O=c1[nH]n(Cc2ccc(O)cc2)c(O)c1Sc1ccccc1Cl. The summed E-state index contributed by atoms with van der Waals surface area (Å²) in [5.41, 5.74) is 0.449. The summed E-state index contributed by atoms with van der Waals surface area (Å²) in [6.45, 7) is 0.282. The van der Waals surface area contributed by atoms with Gasteiger partial charge in [0.1, 0.15) is 10.6 Å². The first kappa shape index (κ1) is 15.6. The Morgan fingerprint density at radius 2 is 1.78 bits per heavy atom. The third-order valence-electron chi connectivity index (χ3n) is 3.23. The number of H-pyrrole nitrogens is 1. The van der Waals surface area contributed by atoms with Gasteiger partial charge in [-0.2, -0.15) is 0 Å². The third-order valence-corrected chi connectivity index (χ3v) is 4.82. The van der Waals surface area contributed by atoms with Crippen LogP contribution in [0.3, 0.4) is 0 Å². The quantitative estimate of drug-likeness (QED) is 0.675. The molecule has 1 aromatic heterocycles. The molecule has 5 nitrogen and oxygen atoms in total. The van der Waals surface area contributed by atoms with Crippen molar-refractivity contribution < 1.29 is 10.2 Å². The summed E-state index contributed by atoms with van der Waals surface area (Å²) in [5.74, 6) is 0.0157. The minimum atomic E-state index is -0.383. The fourth-order valence-electron chi connectivity index (χ4n) is 2.08. The van der Waals surface area contributed by atoms with Crippen LogP contribution in [0, 0.1) is 0 Å². The number of hydrogen-bond acceptors (Lipinski definition) is 4. The summed E-state index contributed by atoms with van der Waals surface area (Å²) in [6, 6.07) is 13.6. The molecule has 0 aliphatic heterocycles. The maximum absolute atomic E-state index is 12.1. The molecule has 0 fully saturated rings. The third kappa shape index (κ3) is 3.38. The number of rotatable bonds is 4. The largest absolute Gasteiger partial charge is 0.508 e. The summed E-state index contributed by atoms with van der Waals surface area (Å²) in [7, 11) is 0. The number of hydrogen-bond donors (Lipinski definition) is 3. The number of halogens is 1. The second-order valence-electron chi connectivity index (χ2n) is 4.88. The fourth-order valence-corrected chi connectivity index (χ4v) is 3.20. The minimum absolute atomic E-state index is 0.145. The van der Waals surface area contributed by atoms with Crippen LogP contribution in [0.4, 0.5) is 0 Å². The number of aromatic nitrogens is 2. The summed E-state index contributed by atoms with van der Waals surface area (Å²) in [4.78, 5) is 13.0. The van der Waals surface area contributed by atoms with E-state index in [0.29, 0.717) is 9.92 Å². The minimum Gasteiger partial charge on any atom is -0.508 e. The van der Waals surface area contributed by atoms with Crippen molar-refractivity contribution >= 4 is 23.4 Å². The van der Waals surface area contributed by atoms with Gasteiger partial charge in [-0.3, -0.25) is 9.89 Å². The van der Waals surface area contributed by atoms with Crippen LogP contribution in [0.5, 0.6) is 11.6 Å². The number of aromatic hydroxyl groups is 2. The van der Waals surface area contributed by atoms with Gasteiger partial charge in [0.2, 0.25) is 5.88 Å². The molecule has 0 bridgehead atoms. The van der Waals surface area contributed by atoms with Crippen molar-refractivity contribution in [2.24, 2.45) is 0 Å². The Bertz CT molecular complexity index is 887. The van der Waals surface area contributed by atoms with Crippen LogP contribution in [0.15, 0.2) is 63.1 Å². The molecule has 0 atom stereocenters. The molecule has 0 aliphatic rings. The first-order chi connectivity index (χ1) is 11.0. The molecule has 0 unspecified atom stereocenters. The van der Waals surface area contributed by atoms with E-state index in [1.54, 1.807) is 42.5 Å². The lowest BCUT2D eigenvalue weighted by Gasteiger charge is -2.05. The second-order valence-corrected chi connectivity index (χ2v) is 6.34. The van der Waals surface area contributed by atoms with Crippen LogP contribution in [0.25, 0.3) is 0 Å². The molecule has 0 saturated heterocycles. The van der Waals surface area contributed by atoms with Crippen molar-refractivity contribution in [3.8, 4) is 11.6 Å². The number of nitrogens with zero attached hydrogens (tertiary/aromatic N) is 1. The normalized spacial score (nSPS) is 10.8. The summed E-state index contributed by atoms with van der Waals surface area (Å²) < 4.78 is 1.36. The Morgan fingerprint density at radius 1 is 1.09 bits per heavy atom. The van der Waals surface area contributed by atoms with Gasteiger partial charge in [0, 0.05) is 4.90 Å². The fraction of sp³-hybridized carbons (Fsp3) is 0.0625. The average Bonchev–Trinajstić information content (AvgIpc) is 2.79. The Kier molecular flexibility index (Phi) is 4.36. The maximum atomic E-state index is 12.1. The lowest BCUT2D eigenvalue weighted by molar-refractivity contribution is 0.399. The summed E-state index contributed by atoms with van der Waals surface area (Å²) in [5, 5.41) is 22.7. The number of phenols is 1. The van der Waals surface area contributed by atoms with Crippen LogP contribution in [0.1, 0.15) is 5.56 Å². The van der Waals surface area contributed by atoms with Gasteiger partial charge in [0.25, 0.3) is 5.56 Å². The first-order valence-electron chi connectivity index (χ1n) is 6.76. The molecule has 3 rings (SSSR count). The van der Waals surface area contributed by atoms with E-state index in [0.717, 1.165) is 17.3 Å². The number of phenolic OH excluding ortho intramolecular Hbond substituents is 1. The lowest BCUT2D eigenvalue weighted by Crippen LogP contribution is -2.07. The predicted molar refractivity (Wildman–Crippen MR) is 89.5 cm³/mol. The van der Waals surface area contributed by atoms with Gasteiger partial charge in [0.05, 0.1) is 11.6 Å². The summed E-state index contributed by atoms with van der Waals surface area (Å²) >= 11 is 7.20. The van der Waals surface area contributed by atoms with Crippen molar-refractivity contribution in [2.45, 2.75) is 16.3 Å². The standard InChI is InChI=1S/C16H13ClN2O3S/c17-12-3-1-2-4-13(12)23-14-15(21)18-19(16(14)22)9-10-5-7-11(20)8-6-10/h1-8,20,22H,9H2,(H,18,21). The highest BCUT2D eigenvalue weighted by Crippen LogP contribution is 2.35.